The molecule has 1 heterocycles. The number of aromatic nitrogens is 1. The van der Waals surface area contributed by atoms with Gasteiger partial charge in [0, 0.05) is 22.2 Å². The number of rotatable bonds is 6. The molecule has 0 spiro atoms. The predicted molar refractivity (Wildman–Crippen MR) is 133 cm³/mol. The number of carbonyl (C=O) groups excluding carboxylic acids is 1. The quantitative estimate of drug-likeness (QED) is 0.368. The maximum atomic E-state index is 12.7. The second-order valence-corrected chi connectivity index (χ2v) is 10.3. The third kappa shape index (κ3) is 5.13. The van der Waals surface area contributed by atoms with E-state index in [-0.39, 0.29) is 10.8 Å². The minimum absolute atomic E-state index is 0.172. The molecule has 0 saturated heterocycles. The van der Waals surface area contributed by atoms with Gasteiger partial charge in [0.1, 0.15) is 0 Å². The Kier molecular flexibility index (Phi) is 6.31. The molecule has 0 fully saturated rings. The molecule has 6 nitrogen and oxygen atoms in total. The standard InChI is InChI=1S/C25H23N3O3S2/c1-16-13-17(2)23(18(3)14-16)22-15-32-25(26-22)27-24(29)19-9-11-20(12-10-19)28-33(30,31)21-7-5-4-6-8-21/h4-15,28H,1-3H3,(H,26,27,29). The Balaban J connectivity index is 1.46. The van der Waals surface area contributed by atoms with E-state index in [2.05, 4.69) is 47.9 Å². The zero-order valence-corrected chi connectivity index (χ0v) is 20.0. The molecule has 33 heavy (non-hydrogen) atoms. The number of carbonyl (C=O) groups is 1. The van der Waals surface area contributed by atoms with E-state index in [9.17, 15) is 13.2 Å². The molecule has 0 aliphatic rings. The summed E-state index contributed by atoms with van der Waals surface area (Å²) in [6, 6.07) is 18.6. The summed E-state index contributed by atoms with van der Waals surface area (Å²) < 4.78 is 27.4. The van der Waals surface area contributed by atoms with Gasteiger partial charge in [0.2, 0.25) is 0 Å². The molecule has 0 saturated carbocycles. The molecular weight excluding hydrogens is 454 g/mol. The number of aryl methyl sites for hydroxylation is 3. The largest absolute Gasteiger partial charge is 0.298 e. The monoisotopic (exact) mass is 477 g/mol. The maximum Gasteiger partial charge on any atom is 0.261 e. The second-order valence-electron chi connectivity index (χ2n) is 7.76. The fourth-order valence-corrected chi connectivity index (χ4v) is 5.48. The first-order valence-electron chi connectivity index (χ1n) is 10.3. The molecule has 0 radical (unpaired) electrons. The molecule has 0 bridgehead atoms. The Bertz CT molecular complexity index is 1390. The number of thiazole rings is 1. The molecule has 1 aromatic heterocycles. The summed E-state index contributed by atoms with van der Waals surface area (Å²) in [4.78, 5) is 17.4. The summed E-state index contributed by atoms with van der Waals surface area (Å²) in [6.45, 7) is 6.18. The van der Waals surface area contributed by atoms with Crippen LogP contribution >= 0.6 is 11.3 Å². The zero-order chi connectivity index (χ0) is 23.6. The number of anilines is 2. The van der Waals surface area contributed by atoms with Gasteiger partial charge in [-0.3, -0.25) is 14.8 Å². The lowest BCUT2D eigenvalue weighted by atomic mass is 9.98. The molecule has 1 amide bonds. The Morgan fingerprint density at radius 1 is 0.909 bits per heavy atom. The van der Waals surface area contributed by atoms with Crippen LogP contribution in [-0.4, -0.2) is 19.3 Å². The number of nitrogens with zero attached hydrogens (tertiary/aromatic N) is 1. The Labute approximate surface area is 197 Å². The van der Waals surface area contributed by atoms with Crippen LogP contribution in [0.2, 0.25) is 0 Å². The topological polar surface area (TPSA) is 88.2 Å². The van der Waals surface area contributed by atoms with Gasteiger partial charge in [0.15, 0.2) is 5.13 Å². The Morgan fingerprint density at radius 3 is 2.18 bits per heavy atom. The van der Waals surface area contributed by atoms with Crippen LogP contribution in [-0.2, 0) is 10.0 Å². The van der Waals surface area contributed by atoms with Crippen LogP contribution in [0.25, 0.3) is 11.3 Å². The van der Waals surface area contributed by atoms with Crippen LogP contribution in [0.15, 0.2) is 77.0 Å². The van der Waals surface area contributed by atoms with Gasteiger partial charge >= 0.3 is 0 Å². The summed E-state index contributed by atoms with van der Waals surface area (Å²) in [6.07, 6.45) is 0. The maximum absolute atomic E-state index is 12.7. The van der Waals surface area contributed by atoms with Crippen molar-refractivity contribution < 1.29 is 13.2 Å². The number of hydrogen-bond donors (Lipinski definition) is 2. The van der Waals surface area contributed by atoms with Crippen molar-refractivity contribution in [2.24, 2.45) is 0 Å². The van der Waals surface area contributed by atoms with Crippen molar-refractivity contribution >= 4 is 38.1 Å². The van der Waals surface area contributed by atoms with Gasteiger partial charge < -0.3 is 0 Å². The molecule has 3 aromatic carbocycles. The second kappa shape index (κ2) is 9.17. The average Bonchev–Trinajstić information content (AvgIpc) is 3.21. The highest BCUT2D eigenvalue weighted by molar-refractivity contribution is 7.92. The van der Waals surface area contributed by atoms with Gasteiger partial charge in [0.05, 0.1) is 10.6 Å². The van der Waals surface area contributed by atoms with E-state index in [0.717, 1.165) is 22.4 Å². The highest BCUT2D eigenvalue weighted by Crippen LogP contribution is 2.31. The number of nitrogens with one attached hydrogen (secondary N) is 2. The number of benzene rings is 3. The van der Waals surface area contributed by atoms with Crippen molar-refractivity contribution in [3.8, 4) is 11.3 Å². The third-order valence-electron chi connectivity index (χ3n) is 5.11. The summed E-state index contributed by atoms with van der Waals surface area (Å²) in [5.41, 5.74) is 6.16. The molecule has 0 unspecified atom stereocenters. The molecule has 4 rings (SSSR count). The number of amides is 1. The SMILES string of the molecule is Cc1cc(C)c(-c2csc(NC(=O)c3ccc(NS(=O)(=O)c4ccccc4)cc3)n2)c(C)c1. The molecule has 0 atom stereocenters. The normalized spacial score (nSPS) is 11.2. The third-order valence-corrected chi connectivity index (χ3v) is 7.27. The Hall–Kier alpha value is -3.49. The summed E-state index contributed by atoms with van der Waals surface area (Å²) >= 11 is 1.36. The first-order chi connectivity index (χ1) is 15.7. The lowest BCUT2D eigenvalue weighted by Crippen LogP contribution is -2.14. The minimum Gasteiger partial charge on any atom is -0.298 e. The van der Waals surface area contributed by atoms with Gasteiger partial charge in [-0.05, 0) is 68.3 Å². The van der Waals surface area contributed by atoms with E-state index in [4.69, 9.17) is 0 Å². The van der Waals surface area contributed by atoms with Crippen LogP contribution < -0.4 is 10.0 Å². The molecule has 168 valence electrons. The lowest BCUT2D eigenvalue weighted by molar-refractivity contribution is 0.102. The Morgan fingerprint density at radius 2 is 1.55 bits per heavy atom. The van der Waals surface area contributed by atoms with Crippen LogP contribution in [0.5, 0.6) is 0 Å². The molecule has 8 heteroatoms. The molecular formula is C25H23N3O3S2. The van der Waals surface area contributed by atoms with E-state index in [1.807, 2.05) is 5.38 Å². The van der Waals surface area contributed by atoms with Crippen molar-refractivity contribution in [1.29, 1.82) is 0 Å². The zero-order valence-electron chi connectivity index (χ0n) is 18.4. The summed E-state index contributed by atoms with van der Waals surface area (Å²) in [5, 5.41) is 5.26. The molecule has 0 aliphatic carbocycles. The van der Waals surface area contributed by atoms with Crippen molar-refractivity contribution in [1.82, 2.24) is 4.98 Å². The lowest BCUT2D eigenvalue weighted by Gasteiger charge is -2.09. The summed E-state index contributed by atoms with van der Waals surface area (Å²) in [5.74, 6) is -0.314. The fourth-order valence-electron chi connectivity index (χ4n) is 3.70. The van der Waals surface area contributed by atoms with Crippen molar-refractivity contribution in [2.45, 2.75) is 25.7 Å². The number of sulfonamides is 1. The highest BCUT2D eigenvalue weighted by Gasteiger charge is 2.15. The van der Waals surface area contributed by atoms with Crippen molar-refractivity contribution in [2.75, 3.05) is 10.0 Å². The van der Waals surface area contributed by atoms with E-state index in [1.54, 1.807) is 42.5 Å². The minimum atomic E-state index is -3.69. The molecule has 4 aromatic rings. The van der Waals surface area contributed by atoms with Crippen molar-refractivity contribution in [3.05, 3.63) is 94.4 Å². The molecule has 0 aliphatic heterocycles. The van der Waals surface area contributed by atoms with Gasteiger partial charge in [-0.25, -0.2) is 13.4 Å². The van der Waals surface area contributed by atoms with Crippen LogP contribution in [0.4, 0.5) is 10.8 Å². The van der Waals surface area contributed by atoms with E-state index in [0.29, 0.717) is 16.4 Å². The van der Waals surface area contributed by atoms with Gasteiger partial charge in [-0.1, -0.05) is 35.9 Å². The first-order valence-corrected chi connectivity index (χ1v) is 12.6. The van der Waals surface area contributed by atoms with E-state index in [1.165, 1.54) is 29.0 Å². The van der Waals surface area contributed by atoms with Crippen LogP contribution in [0.3, 0.4) is 0 Å². The first kappa shape index (κ1) is 22.7. The number of hydrogen-bond acceptors (Lipinski definition) is 5. The van der Waals surface area contributed by atoms with Crippen molar-refractivity contribution in [3.63, 3.8) is 0 Å². The van der Waals surface area contributed by atoms with Gasteiger partial charge in [0.25, 0.3) is 15.9 Å². The predicted octanol–water partition coefficient (Wildman–Crippen LogP) is 5.79. The molecule has 2 N–H and O–H groups in total. The van der Waals surface area contributed by atoms with Gasteiger partial charge in [-0.2, -0.15) is 0 Å². The van der Waals surface area contributed by atoms with E-state index < -0.39 is 10.0 Å². The average molecular weight is 478 g/mol. The highest BCUT2D eigenvalue weighted by atomic mass is 32.2. The van der Waals surface area contributed by atoms with Gasteiger partial charge in [-0.15, -0.1) is 11.3 Å². The van der Waals surface area contributed by atoms with Crippen LogP contribution in [0, 0.1) is 20.8 Å². The van der Waals surface area contributed by atoms with E-state index >= 15 is 0 Å². The van der Waals surface area contributed by atoms with Crippen LogP contribution in [0.1, 0.15) is 27.0 Å². The summed E-state index contributed by atoms with van der Waals surface area (Å²) in [7, 11) is -3.69. The fraction of sp³-hybridized carbons (Fsp3) is 0.120. The smallest absolute Gasteiger partial charge is 0.261 e.